The van der Waals surface area contributed by atoms with Crippen molar-refractivity contribution >= 4 is 11.7 Å². The highest BCUT2D eigenvalue weighted by Gasteiger charge is 2.28. The van der Waals surface area contributed by atoms with Crippen molar-refractivity contribution in [1.29, 1.82) is 0 Å². The third-order valence-electron chi connectivity index (χ3n) is 7.77. The van der Waals surface area contributed by atoms with Gasteiger partial charge < -0.3 is 38.1 Å². The van der Waals surface area contributed by atoms with Crippen LogP contribution in [0.4, 0.5) is 0 Å². The zero-order valence-corrected chi connectivity index (χ0v) is 28.3. The second-order valence-electron chi connectivity index (χ2n) is 10.8. The summed E-state index contributed by atoms with van der Waals surface area (Å²) < 4.78 is 39.7. The number of benzene rings is 2. The number of methoxy groups -OCH3 is 3. The van der Waals surface area contributed by atoms with Gasteiger partial charge in [0.25, 0.3) is 0 Å². The quantitative estimate of drug-likeness (QED) is 0.137. The number of ketones is 1. The van der Waals surface area contributed by atoms with Crippen LogP contribution in [0.15, 0.2) is 49.6 Å². The van der Waals surface area contributed by atoms with Gasteiger partial charge in [-0.1, -0.05) is 32.2 Å². The normalized spacial score (nSPS) is 13.1. The molecular weight excluding hydrogens is 604 g/mol. The Morgan fingerprint density at radius 1 is 0.851 bits per heavy atom. The van der Waals surface area contributed by atoms with Crippen LogP contribution >= 0.6 is 0 Å². The Labute approximate surface area is 278 Å². The topological polar surface area (TPSA) is 105 Å². The molecule has 1 aliphatic heterocycles. The molecule has 0 N–H and O–H groups in total. The van der Waals surface area contributed by atoms with Crippen molar-refractivity contribution in [3.05, 3.63) is 71.8 Å². The van der Waals surface area contributed by atoms with Crippen LogP contribution in [0.2, 0.25) is 0 Å². The van der Waals surface area contributed by atoms with E-state index in [9.17, 15) is 9.59 Å². The number of morpholine rings is 1. The molecule has 1 amide bonds. The summed E-state index contributed by atoms with van der Waals surface area (Å²) in [5.74, 6) is 1.27. The van der Waals surface area contributed by atoms with E-state index in [4.69, 9.17) is 33.2 Å². The number of hydrogen-bond acceptors (Lipinski definition) is 10. The summed E-state index contributed by atoms with van der Waals surface area (Å²) in [6.45, 7) is 15.7. The Morgan fingerprint density at radius 2 is 1.51 bits per heavy atom. The first-order valence-electron chi connectivity index (χ1n) is 16.0. The molecule has 11 nitrogen and oxygen atoms in total. The minimum Gasteiger partial charge on any atom is -0.493 e. The molecule has 0 unspecified atom stereocenters. The molecule has 0 radical (unpaired) electrons. The van der Waals surface area contributed by atoms with E-state index < -0.39 is 0 Å². The molecule has 258 valence electrons. The van der Waals surface area contributed by atoms with Gasteiger partial charge in [0.15, 0.2) is 17.3 Å². The van der Waals surface area contributed by atoms with Crippen molar-refractivity contribution in [2.75, 3.05) is 100 Å². The summed E-state index contributed by atoms with van der Waals surface area (Å²) in [5.41, 5.74) is 1.91. The molecule has 0 spiro atoms. The maximum atomic E-state index is 14.5. The van der Waals surface area contributed by atoms with E-state index in [1.165, 1.54) is 7.11 Å². The molecule has 3 rings (SSSR count). The van der Waals surface area contributed by atoms with E-state index in [0.29, 0.717) is 86.7 Å². The molecule has 2 aromatic rings. The molecular formula is C36H50N2O9. The molecule has 11 heteroatoms. The van der Waals surface area contributed by atoms with Gasteiger partial charge >= 0.3 is 0 Å². The van der Waals surface area contributed by atoms with Crippen LogP contribution in [-0.2, 0) is 31.8 Å². The van der Waals surface area contributed by atoms with Gasteiger partial charge in [0.05, 0.1) is 45.5 Å². The van der Waals surface area contributed by atoms with E-state index in [1.807, 2.05) is 6.92 Å². The van der Waals surface area contributed by atoms with Gasteiger partial charge in [-0.25, -0.2) is 0 Å². The standard InChI is InChI=1S/C36H50N2O9/c1-7-17-45-31-26-33(46-18-8-2)35(29(28(31)9-3)25-34(39)38(15-19-41-4)16-20-42-5)36(40)27-10-11-30(32(24-27)43-6)47-23-14-37-12-21-44-22-13-37/h7-8,10-11,24,26H,1-2,9,12-23,25H2,3-6H3. The predicted octanol–water partition coefficient (Wildman–Crippen LogP) is 3.99. The zero-order valence-electron chi connectivity index (χ0n) is 28.3. The monoisotopic (exact) mass is 654 g/mol. The Morgan fingerprint density at radius 3 is 2.11 bits per heavy atom. The lowest BCUT2D eigenvalue weighted by molar-refractivity contribution is -0.131. The summed E-state index contributed by atoms with van der Waals surface area (Å²) in [7, 11) is 4.71. The number of rotatable bonds is 22. The predicted molar refractivity (Wildman–Crippen MR) is 180 cm³/mol. The maximum Gasteiger partial charge on any atom is 0.227 e. The van der Waals surface area contributed by atoms with Crippen LogP contribution in [0.3, 0.4) is 0 Å². The van der Waals surface area contributed by atoms with Gasteiger partial charge in [-0.2, -0.15) is 0 Å². The van der Waals surface area contributed by atoms with Crippen molar-refractivity contribution in [2.24, 2.45) is 0 Å². The number of hydrogen-bond donors (Lipinski definition) is 0. The molecule has 47 heavy (non-hydrogen) atoms. The average Bonchev–Trinajstić information content (AvgIpc) is 3.09. The van der Waals surface area contributed by atoms with Gasteiger partial charge in [0.2, 0.25) is 5.91 Å². The third-order valence-corrected chi connectivity index (χ3v) is 7.77. The molecule has 1 saturated heterocycles. The number of amides is 1. The number of carbonyl (C=O) groups is 2. The average molecular weight is 655 g/mol. The molecule has 0 aliphatic carbocycles. The van der Waals surface area contributed by atoms with E-state index in [1.54, 1.807) is 55.5 Å². The first-order valence-corrected chi connectivity index (χ1v) is 16.0. The third kappa shape index (κ3) is 10.8. The Balaban J connectivity index is 2.06. The smallest absolute Gasteiger partial charge is 0.227 e. The molecule has 2 aromatic carbocycles. The second-order valence-corrected chi connectivity index (χ2v) is 10.8. The van der Waals surface area contributed by atoms with Crippen LogP contribution in [0, 0.1) is 0 Å². The minimum absolute atomic E-state index is 0.0622. The number of ether oxygens (including phenoxy) is 7. The first kappa shape index (κ1) is 37.6. The van der Waals surface area contributed by atoms with E-state index in [0.717, 1.165) is 25.2 Å². The van der Waals surface area contributed by atoms with Crippen molar-refractivity contribution in [2.45, 2.75) is 19.8 Å². The van der Waals surface area contributed by atoms with E-state index >= 15 is 0 Å². The largest absolute Gasteiger partial charge is 0.493 e. The summed E-state index contributed by atoms with van der Waals surface area (Å²) in [5, 5.41) is 0. The summed E-state index contributed by atoms with van der Waals surface area (Å²) in [6, 6.07) is 6.81. The minimum atomic E-state index is -0.324. The summed E-state index contributed by atoms with van der Waals surface area (Å²) >= 11 is 0. The molecule has 0 saturated carbocycles. The van der Waals surface area contributed by atoms with Gasteiger partial charge in [-0.3, -0.25) is 14.5 Å². The second kappa shape index (κ2) is 20.4. The molecule has 1 fully saturated rings. The highest BCUT2D eigenvalue weighted by molar-refractivity contribution is 6.13. The van der Waals surface area contributed by atoms with Crippen LogP contribution in [-0.4, -0.2) is 122 Å². The van der Waals surface area contributed by atoms with Crippen molar-refractivity contribution in [3.8, 4) is 23.0 Å². The van der Waals surface area contributed by atoms with Crippen LogP contribution in [0.5, 0.6) is 23.0 Å². The molecule has 0 bridgehead atoms. The maximum absolute atomic E-state index is 14.5. The van der Waals surface area contributed by atoms with Crippen molar-refractivity contribution in [3.63, 3.8) is 0 Å². The molecule has 0 atom stereocenters. The van der Waals surface area contributed by atoms with Crippen LogP contribution in [0.25, 0.3) is 0 Å². The van der Waals surface area contributed by atoms with Crippen LogP contribution < -0.4 is 18.9 Å². The zero-order chi connectivity index (χ0) is 34.0. The first-order chi connectivity index (χ1) is 22.9. The van der Waals surface area contributed by atoms with Crippen molar-refractivity contribution in [1.82, 2.24) is 9.80 Å². The molecule has 1 aliphatic rings. The Kier molecular flexibility index (Phi) is 16.3. The van der Waals surface area contributed by atoms with Gasteiger partial charge in [-0.15, -0.1) is 0 Å². The SMILES string of the molecule is C=CCOc1cc(OCC=C)c(C(=O)c2ccc(OCCN3CCOCC3)c(OC)c2)c(CC(=O)N(CCOC)CCOC)c1CC. The highest BCUT2D eigenvalue weighted by atomic mass is 16.5. The highest BCUT2D eigenvalue weighted by Crippen LogP contribution is 2.38. The lowest BCUT2D eigenvalue weighted by Crippen LogP contribution is -2.38. The van der Waals surface area contributed by atoms with Gasteiger partial charge in [0.1, 0.15) is 31.3 Å². The van der Waals surface area contributed by atoms with E-state index in [2.05, 4.69) is 18.1 Å². The van der Waals surface area contributed by atoms with Crippen molar-refractivity contribution < 1.29 is 42.7 Å². The van der Waals surface area contributed by atoms with Gasteiger partial charge in [-0.05, 0) is 35.7 Å². The number of carbonyl (C=O) groups excluding carboxylic acids is 2. The summed E-state index contributed by atoms with van der Waals surface area (Å²) in [6.07, 6.45) is 3.68. The van der Waals surface area contributed by atoms with E-state index in [-0.39, 0.29) is 36.9 Å². The van der Waals surface area contributed by atoms with Crippen LogP contribution in [0.1, 0.15) is 34.0 Å². The fraction of sp³-hybridized carbons (Fsp3) is 0.500. The molecule has 0 aromatic heterocycles. The summed E-state index contributed by atoms with van der Waals surface area (Å²) in [4.78, 5) is 32.3. The Bertz CT molecular complexity index is 1320. The number of nitrogens with zero attached hydrogens (tertiary/aromatic N) is 2. The lowest BCUT2D eigenvalue weighted by atomic mass is 9.89. The Hall–Kier alpha value is -3.90. The lowest BCUT2D eigenvalue weighted by Gasteiger charge is -2.26. The van der Waals surface area contributed by atoms with Gasteiger partial charge in [0, 0.05) is 58.6 Å². The fourth-order valence-corrected chi connectivity index (χ4v) is 5.31. The molecule has 1 heterocycles. The fourth-order valence-electron chi connectivity index (χ4n) is 5.31.